The fourth-order valence-corrected chi connectivity index (χ4v) is 2.58. The molecule has 0 saturated heterocycles. The van der Waals surface area contributed by atoms with Crippen molar-refractivity contribution in [2.45, 2.75) is 17.9 Å². The molecule has 17 heavy (non-hydrogen) atoms. The second-order valence-electron chi connectivity index (χ2n) is 3.65. The number of hydrogen-bond donors (Lipinski definition) is 2. The van der Waals surface area contributed by atoms with Gasteiger partial charge in [0.15, 0.2) is 0 Å². The molecule has 1 aromatic carbocycles. The second-order valence-corrected chi connectivity index (χ2v) is 5.85. The molecule has 0 aliphatic rings. The van der Waals surface area contributed by atoms with Crippen LogP contribution in [0, 0.1) is 5.82 Å². The molecular formula is C10H14ClFN2O2S. The summed E-state index contributed by atoms with van der Waals surface area (Å²) in [6.07, 6.45) is 0. The number of halogens is 2. The predicted molar refractivity (Wildman–Crippen MR) is 65.1 cm³/mol. The quantitative estimate of drug-likeness (QED) is 0.856. The maximum Gasteiger partial charge on any atom is 0.240 e. The zero-order valence-electron chi connectivity index (χ0n) is 9.50. The van der Waals surface area contributed by atoms with Gasteiger partial charge in [0, 0.05) is 17.6 Å². The lowest BCUT2D eigenvalue weighted by atomic mass is 10.3. The van der Waals surface area contributed by atoms with Crippen molar-refractivity contribution in [2.24, 2.45) is 0 Å². The molecule has 0 aromatic heterocycles. The molecule has 1 atom stereocenters. The third kappa shape index (κ3) is 4.23. The molecule has 0 bridgehead atoms. The van der Waals surface area contributed by atoms with Crippen molar-refractivity contribution in [3.05, 3.63) is 29.0 Å². The Labute approximate surface area is 105 Å². The molecule has 0 heterocycles. The highest BCUT2D eigenvalue weighted by Gasteiger charge is 2.16. The SMILES string of the molecule is CNC(C)CNS(=O)(=O)c1cc(F)cc(Cl)c1. The normalized spacial score (nSPS) is 13.6. The first-order chi connectivity index (χ1) is 7.85. The van der Waals surface area contributed by atoms with Crippen LogP contribution in [0.15, 0.2) is 23.1 Å². The first kappa shape index (κ1) is 14.4. The highest BCUT2D eigenvalue weighted by Crippen LogP contribution is 2.17. The van der Waals surface area contributed by atoms with E-state index in [4.69, 9.17) is 11.6 Å². The van der Waals surface area contributed by atoms with E-state index in [1.165, 1.54) is 6.07 Å². The Kier molecular flexibility index (Phi) is 4.88. The van der Waals surface area contributed by atoms with Gasteiger partial charge in [0.1, 0.15) is 5.82 Å². The first-order valence-corrected chi connectivity index (χ1v) is 6.84. The molecule has 0 amide bonds. The summed E-state index contributed by atoms with van der Waals surface area (Å²) in [5.74, 6) is -0.681. The van der Waals surface area contributed by atoms with Crippen molar-refractivity contribution in [3.8, 4) is 0 Å². The van der Waals surface area contributed by atoms with Crippen LogP contribution in [0.2, 0.25) is 5.02 Å². The Hall–Kier alpha value is -0.690. The van der Waals surface area contributed by atoms with Crippen molar-refractivity contribution in [1.29, 1.82) is 0 Å². The summed E-state index contributed by atoms with van der Waals surface area (Å²) in [7, 11) is -2.00. The van der Waals surface area contributed by atoms with E-state index < -0.39 is 15.8 Å². The molecule has 1 unspecified atom stereocenters. The number of likely N-dealkylation sites (N-methyl/N-ethyl adjacent to an activating group) is 1. The average Bonchev–Trinajstić information content (AvgIpc) is 2.24. The van der Waals surface area contributed by atoms with Crippen LogP contribution in [0.3, 0.4) is 0 Å². The van der Waals surface area contributed by atoms with E-state index >= 15 is 0 Å². The van der Waals surface area contributed by atoms with Gasteiger partial charge in [-0.1, -0.05) is 11.6 Å². The Morgan fingerprint density at radius 1 is 1.41 bits per heavy atom. The third-order valence-electron chi connectivity index (χ3n) is 2.22. The lowest BCUT2D eigenvalue weighted by Gasteiger charge is -2.12. The van der Waals surface area contributed by atoms with Crippen molar-refractivity contribution < 1.29 is 12.8 Å². The Balaban J connectivity index is 2.89. The van der Waals surface area contributed by atoms with Gasteiger partial charge in [-0.2, -0.15) is 0 Å². The van der Waals surface area contributed by atoms with Crippen molar-refractivity contribution in [2.75, 3.05) is 13.6 Å². The Bertz CT molecular complexity index is 473. The fraction of sp³-hybridized carbons (Fsp3) is 0.400. The van der Waals surface area contributed by atoms with Crippen LogP contribution in [-0.4, -0.2) is 28.1 Å². The van der Waals surface area contributed by atoms with Gasteiger partial charge in [0.05, 0.1) is 4.90 Å². The molecule has 0 fully saturated rings. The minimum absolute atomic E-state index is 0.0196. The number of sulfonamides is 1. The topological polar surface area (TPSA) is 58.2 Å². The monoisotopic (exact) mass is 280 g/mol. The number of rotatable bonds is 5. The highest BCUT2D eigenvalue weighted by molar-refractivity contribution is 7.89. The van der Waals surface area contributed by atoms with Crippen LogP contribution < -0.4 is 10.0 Å². The summed E-state index contributed by atoms with van der Waals surface area (Å²) < 4.78 is 39.0. The molecule has 2 N–H and O–H groups in total. The van der Waals surface area contributed by atoms with E-state index in [2.05, 4.69) is 10.0 Å². The molecule has 0 saturated carbocycles. The van der Waals surface area contributed by atoms with Crippen LogP contribution in [0.25, 0.3) is 0 Å². The van der Waals surface area contributed by atoms with E-state index in [-0.39, 0.29) is 22.5 Å². The van der Waals surface area contributed by atoms with Crippen LogP contribution in [0.5, 0.6) is 0 Å². The van der Waals surface area contributed by atoms with Crippen molar-refractivity contribution in [1.82, 2.24) is 10.0 Å². The first-order valence-electron chi connectivity index (χ1n) is 4.98. The summed E-state index contributed by atoms with van der Waals surface area (Å²) in [6.45, 7) is 2.04. The molecule has 1 rings (SSSR count). The van der Waals surface area contributed by atoms with E-state index in [0.29, 0.717) is 0 Å². The summed E-state index contributed by atoms with van der Waals surface area (Å²) >= 11 is 5.60. The lowest BCUT2D eigenvalue weighted by molar-refractivity contribution is 0.552. The molecule has 0 radical (unpaired) electrons. The maximum absolute atomic E-state index is 13.0. The molecule has 1 aromatic rings. The standard InChI is InChI=1S/C10H14ClFN2O2S/c1-7(13-2)6-14-17(15,16)10-4-8(11)3-9(12)5-10/h3-5,7,13-14H,6H2,1-2H3. The van der Waals surface area contributed by atoms with Gasteiger partial charge in [0.25, 0.3) is 0 Å². The molecule has 0 aliphatic heterocycles. The van der Waals surface area contributed by atoms with E-state index in [1.807, 2.05) is 6.92 Å². The Morgan fingerprint density at radius 3 is 2.59 bits per heavy atom. The highest BCUT2D eigenvalue weighted by atomic mass is 35.5. The van der Waals surface area contributed by atoms with Gasteiger partial charge in [-0.3, -0.25) is 0 Å². The molecule has 0 spiro atoms. The van der Waals surface area contributed by atoms with Crippen LogP contribution in [0.4, 0.5) is 4.39 Å². The van der Waals surface area contributed by atoms with Crippen LogP contribution in [0.1, 0.15) is 6.92 Å². The van der Waals surface area contributed by atoms with E-state index in [1.54, 1.807) is 7.05 Å². The fourth-order valence-electron chi connectivity index (χ4n) is 1.10. The zero-order chi connectivity index (χ0) is 13.1. The van der Waals surface area contributed by atoms with Crippen molar-refractivity contribution in [3.63, 3.8) is 0 Å². The van der Waals surface area contributed by atoms with Gasteiger partial charge in [-0.15, -0.1) is 0 Å². The largest absolute Gasteiger partial charge is 0.316 e. The molecule has 4 nitrogen and oxygen atoms in total. The van der Waals surface area contributed by atoms with Crippen LogP contribution >= 0.6 is 11.6 Å². The second kappa shape index (κ2) is 5.77. The summed E-state index contributed by atoms with van der Waals surface area (Å²) in [6, 6.07) is 3.17. The van der Waals surface area contributed by atoms with E-state index in [9.17, 15) is 12.8 Å². The average molecular weight is 281 g/mol. The maximum atomic E-state index is 13.0. The molecule has 96 valence electrons. The van der Waals surface area contributed by atoms with Gasteiger partial charge < -0.3 is 5.32 Å². The smallest absolute Gasteiger partial charge is 0.240 e. The summed E-state index contributed by atoms with van der Waals surface area (Å²) in [4.78, 5) is -0.175. The number of nitrogens with one attached hydrogen (secondary N) is 2. The van der Waals surface area contributed by atoms with Gasteiger partial charge in [0.2, 0.25) is 10.0 Å². The lowest BCUT2D eigenvalue weighted by Crippen LogP contribution is -2.37. The third-order valence-corrected chi connectivity index (χ3v) is 3.84. The Morgan fingerprint density at radius 2 is 2.06 bits per heavy atom. The summed E-state index contributed by atoms with van der Waals surface area (Å²) in [5.41, 5.74) is 0. The zero-order valence-corrected chi connectivity index (χ0v) is 11.1. The number of hydrogen-bond acceptors (Lipinski definition) is 3. The van der Waals surface area contributed by atoms with Crippen LogP contribution in [-0.2, 0) is 10.0 Å². The van der Waals surface area contributed by atoms with E-state index in [0.717, 1.165) is 12.1 Å². The molecule has 7 heteroatoms. The minimum atomic E-state index is -3.72. The minimum Gasteiger partial charge on any atom is -0.316 e. The molecule has 0 aliphatic carbocycles. The van der Waals surface area contributed by atoms with Crippen molar-refractivity contribution >= 4 is 21.6 Å². The van der Waals surface area contributed by atoms with Gasteiger partial charge in [-0.05, 0) is 32.2 Å². The predicted octanol–water partition coefficient (Wildman–Crippen LogP) is 1.37. The van der Waals surface area contributed by atoms with Gasteiger partial charge >= 0.3 is 0 Å². The summed E-state index contributed by atoms with van der Waals surface area (Å²) in [5, 5.41) is 2.93. The molecular weight excluding hydrogens is 267 g/mol. The van der Waals surface area contributed by atoms with Gasteiger partial charge in [-0.25, -0.2) is 17.5 Å². The number of benzene rings is 1.